The summed E-state index contributed by atoms with van der Waals surface area (Å²) in [5.41, 5.74) is 1.13. The van der Waals surface area contributed by atoms with E-state index in [1.54, 1.807) is 11.3 Å². The van der Waals surface area contributed by atoms with E-state index >= 15 is 0 Å². The third-order valence-corrected chi connectivity index (χ3v) is 5.86. The molecule has 1 saturated carbocycles. The summed E-state index contributed by atoms with van der Waals surface area (Å²) >= 11 is 1.75. The zero-order valence-corrected chi connectivity index (χ0v) is 14.0. The van der Waals surface area contributed by atoms with Crippen LogP contribution in [0.2, 0.25) is 0 Å². The van der Waals surface area contributed by atoms with Gasteiger partial charge in [-0.25, -0.2) is 4.98 Å². The highest BCUT2D eigenvalue weighted by Crippen LogP contribution is 2.35. The van der Waals surface area contributed by atoms with Crippen molar-refractivity contribution in [2.75, 3.05) is 20.1 Å². The normalized spacial score (nSPS) is 26.0. The Hall–Kier alpha value is -1.10. The van der Waals surface area contributed by atoms with E-state index in [0.29, 0.717) is 0 Å². The van der Waals surface area contributed by atoms with Crippen LogP contribution in [0.3, 0.4) is 0 Å². The monoisotopic (exact) mass is 306 g/mol. The summed E-state index contributed by atoms with van der Waals surface area (Å²) in [4.78, 5) is 11.5. The van der Waals surface area contributed by atoms with Crippen LogP contribution < -0.4 is 5.32 Å². The molecule has 2 aliphatic rings. The fourth-order valence-electron chi connectivity index (χ4n) is 3.67. The van der Waals surface area contributed by atoms with Crippen molar-refractivity contribution in [3.8, 4) is 0 Å². The van der Waals surface area contributed by atoms with Gasteiger partial charge in [-0.05, 0) is 31.1 Å². The van der Waals surface area contributed by atoms with Gasteiger partial charge in [-0.3, -0.25) is 4.99 Å². The van der Waals surface area contributed by atoms with E-state index in [-0.39, 0.29) is 0 Å². The number of nitrogens with zero attached hydrogens (tertiary/aromatic N) is 3. The van der Waals surface area contributed by atoms with Crippen LogP contribution in [0.25, 0.3) is 0 Å². The number of aryl methyl sites for hydroxylation is 1. The summed E-state index contributed by atoms with van der Waals surface area (Å²) < 4.78 is 0. The van der Waals surface area contributed by atoms with Crippen LogP contribution in [0.4, 0.5) is 0 Å². The Kier molecular flexibility index (Phi) is 4.78. The lowest BCUT2D eigenvalue weighted by molar-refractivity contribution is 0.299. The molecule has 2 atom stereocenters. The molecule has 0 amide bonds. The molecule has 1 aromatic heterocycles. The van der Waals surface area contributed by atoms with Crippen LogP contribution in [-0.4, -0.2) is 36.0 Å². The number of nitrogens with one attached hydrogen (secondary N) is 1. The molecule has 0 spiro atoms. The molecule has 3 rings (SSSR count). The predicted octanol–water partition coefficient (Wildman–Crippen LogP) is 2.90. The molecule has 0 aromatic carbocycles. The second-order valence-electron chi connectivity index (χ2n) is 6.20. The predicted molar refractivity (Wildman–Crippen MR) is 88.7 cm³/mol. The standard InChI is InChI=1S/C16H26N4S/c1-3-15-19-14(11-21-15)8-18-16(17-2)20-9-12-6-4-5-7-13(12)10-20/h11-13H,3-10H2,1-2H3,(H,17,18). The highest BCUT2D eigenvalue weighted by atomic mass is 32.1. The van der Waals surface area contributed by atoms with Crippen LogP contribution >= 0.6 is 11.3 Å². The Bertz CT molecular complexity index is 482. The second kappa shape index (κ2) is 6.77. The first-order valence-corrected chi connectivity index (χ1v) is 9.07. The third-order valence-electron chi connectivity index (χ3n) is 4.82. The van der Waals surface area contributed by atoms with E-state index in [9.17, 15) is 0 Å². The molecule has 21 heavy (non-hydrogen) atoms. The quantitative estimate of drug-likeness (QED) is 0.689. The summed E-state index contributed by atoms with van der Waals surface area (Å²) in [7, 11) is 1.89. The van der Waals surface area contributed by atoms with Gasteiger partial charge in [0.05, 0.1) is 17.2 Å². The van der Waals surface area contributed by atoms with Crippen LogP contribution in [0.1, 0.15) is 43.3 Å². The average Bonchev–Trinajstić information content (AvgIpc) is 3.14. The van der Waals surface area contributed by atoms with Gasteiger partial charge >= 0.3 is 0 Å². The molecule has 1 N–H and O–H groups in total. The van der Waals surface area contributed by atoms with Gasteiger partial charge in [0, 0.05) is 25.5 Å². The highest BCUT2D eigenvalue weighted by molar-refractivity contribution is 7.09. The van der Waals surface area contributed by atoms with Gasteiger partial charge in [-0.2, -0.15) is 0 Å². The van der Waals surface area contributed by atoms with Crippen molar-refractivity contribution in [2.45, 2.75) is 45.6 Å². The molecule has 0 bridgehead atoms. The third kappa shape index (κ3) is 3.39. The minimum Gasteiger partial charge on any atom is -0.351 e. The van der Waals surface area contributed by atoms with Crippen molar-refractivity contribution in [1.82, 2.24) is 15.2 Å². The van der Waals surface area contributed by atoms with E-state index in [2.05, 4.69) is 32.5 Å². The number of hydrogen-bond acceptors (Lipinski definition) is 3. The molecule has 2 heterocycles. The van der Waals surface area contributed by atoms with Gasteiger partial charge in [-0.15, -0.1) is 11.3 Å². The summed E-state index contributed by atoms with van der Waals surface area (Å²) in [5.74, 6) is 2.84. The SMILES string of the molecule is CCc1nc(CNC(=NC)N2CC3CCCCC3C2)cs1. The van der Waals surface area contributed by atoms with Crippen molar-refractivity contribution in [2.24, 2.45) is 16.8 Å². The Morgan fingerprint density at radius 1 is 1.38 bits per heavy atom. The molecule has 116 valence electrons. The lowest BCUT2D eigenvalue weighted by atomic mass is 9.82. The molecule has 1 aliphatic heterocycles. The van der Waals surface area contributed by atoms with Crippen LogP contribution in [0.5, 0.6) is 0 Å². The lowest BCUT2D eigenvalue weighted by Crippen LogP contribution is -2.39. The van der Waals surface area contributed by atoms with E-state index in [4.69, 9.17) is 0 Å². The molecule has 2 unspecified atom stereocenters. The van der Waals surface area contributed by atoms with Gasteiger partial charge in [0.15, 0.2) is 5.96 Å². The van der Waals surface area contributed by atoms with Crippen molar-refractivity contribution in [3.05, 3.63) is 16.1 Å². The first-order chi connectivity index (χ1) is 10.3. The minimum absolute atomic E-state index is 0.787. The maximum absolute atomic E-state index is 4.62. The van der Waals surface area contributed by atoms with Crippen molar-refractivity contribution >= 4 is 17.3 Å². The zero-order chi connectivity index (χ0) is 14.7. The lowest BCUT2D eigenvalue weighted by Gasteiger charge is -2.22. The largest absolute Gasteiger partial charge is 0.351 e. The number of rotatable bonds is 3. The van der Waals surface area contributed by atoms with Gasteiger partial charge in [0.2, 0.25) is 0 Å². The number of fused-ring (bicyclic) bond motifs is 1. The maximum Gasteiger partial charge on any atom is 0.193 e. The van der Waals surface area contributed by atoms with Gasteiger partial charge in [-0.1, -0.05) is 19.8 Å². The van der Waals surface area contributed by atoms with E-state index in [1.165, 1.54) is 43.8 Å². The fraction of sp³-hybridized carbons (Fsp3) is 0.750. The first-order valence-electron chi connectivity index (χ1n) is 8.19. The van der Waals surface area contributed by atoms with Crippen LogP contribution in [-0.2, 0) is 13.0 Å². The van der Waals surface area contributed by atoms with Gasteiger partial charge in [0.25, 0.3) is 0 Å². The number of thiazole rings is 1. The molecule has 1 aliphatic carbocycles. The Morgan fingerprint density at radius 2 is 2.10 bits per heavy atom. The molecule has 5 heteroatoms. The first kappa shape index (κ1) is 14.8. The van der Waals surface area contributed by atoms with Crippen LogP contribution in [0.15, 0.2) is 10.4 Å². The highest BCUT2D eigenvalue weighted by Gasteiger charge is 2.35. The molecule has 4 nitrogen and oxygen atoms in total. The molecular weight excluding hydrogens is 280 g/mol. The van der Waals surface area contributed by atoms with Crippen molar-refractivity contribution in [3.63, 3.8) is 0 Å². The summed E-state index contributed by atoms with van der Waals surface area (Å²) in [6.07, 6.45) is 6.67. The number of guanidine groups is 1. The van der Waals surface area contributed by atoms with Gasteiger partial charge < -0.3 is 10.2 Å². The van der Waals surface area contributed by atoms with Gasteiger partial charge in [0.1, 0.15) is 0 Å². The minimum atomic E-state index is 0.787. The molecule has 0 radical (unpaired) electrons. The molecule has 1 aromatic rings. The molecule has 1 saturated heterocycles. The number of likely N-dealkylation sites (tertiary alicyclic amines) is 1. The number of hydrogen-bond donors (Lipinski definition) is 1. The number of aromatic nitrogens is 1. The maximum atomic E-state index is 4.62. The van der Waals surface area contributed by atoms with Crippen LogP contribution in [0, 0.1) is 11.8 Å². The second-order valence-corrected chi connectivity index (χ2v) is 7.14. The smallest absolute Gasteiger partial charge is 0.193 e. The Balaban J connectivity index is 1.56. The van der Waals surface area contributed by atoms with Crippen molar-refractivity contribution in [1.29, 1.82) is 0 Å². The molecule has 2 fully saturated rings. The van der Waals surface area contributed by atoms with E-state index in [0.717, 1.165) is 36.5 Å². The average molecular weight is 306 g/mol. The summed E-state index contributed by atoms with van der Waals surface area (Å²) in [6, 6.07) is 0. The molecular formula is C16H26N4S. The summed E-state index contributed by atoms with van der Waals surface area (Å²) in [5, 5.41) is 6.87. The number of aliphatic imine (C=N–C) groups is 1. The fourth-order valence-corrected chi connectivity index (χ4v) is 4.42. The van der Waals surface area contributed by atoms with Crippen molar-refractivity contribution < 1.29 is 0 Å². The summed E-state index contributed by atoms with van der Waals surface area (Å²) in [6.45, 7) is 5.30. The van der Waals surface area contributed by atoms with E-state index < -0.39 is 0 Å². The topological polar surface area (TPSA) is 40.5 Å². The van der Waals surface area contributed by atoms with E-state index in [1.807, 2.05) is 7.05 Å². The Morgan fingerprint density at radius 3 is 2.67 bits per heavy atom. The zero-order valence-electron chi connectivity index (χ0n) is 13.1. The Labute approximate surface area is 131 Å².